The number of hydrogen-bond acceptors (Lipinski definition) is 7. The highest BCUT2D eigenvalue weighted by Gasteiger charge is 2.32. The lowest BCUT2D eigenvalue weighted by molar-refractivity contribution is -0.0681. The third-order valence-electron chi connectivity index (χ3n) is 6.82. The van der Waals surface area contributed by atoms with Gasteiger partial charge in [0.25, 0.3) is 0 Å². The van der Waals surface area contributed by atoms with Crippen molar-refractivity contribution in [1.82, 2.24) is 14.9 Å². The summed E-state index contributed by atoms with van der Waals surface area (Å²) in [6, 6.07) is 6.04. The summed E-state index contributed by atoms with van der Waals surface area (Å²) >= 11 is 0. The molecule has 5 rings (SSSR count). The molecule has 8 nitrogen and oxygen atoms in total. The van der Waals surface area contributed by atoms with Gasteiger partial charge in [-0.1, -0.05) is 6.07 Å². The molecule has 0 radical (unpaired) electrons. The predicted molar refractivity (Wildman–Crippen MR) is 125 cm³/mol. The normalized spacial score (nSPS) is 19.8. The Hall–Kier alpha value is -2.97. The first-order chi connectivity index (χ1) is 16.1. The van der Waals surface area contributed by atoms with E-state index in [9.17, 15) is 9.90 Å². The molecule has 2 aliphatic heterocycles. The molecular weight excluding hydrogens is 420 g/mol. The highest BCUT2D eigenvalue weighted by Crippen LogP contribution is 2.37. The largest absolute Gasteiger partial charge is 0.450 e. The monoisotopic (exact) mass is 450 g/mol. The second kappa shape index (κ2) is 9.11. The number of carbonyl (C=O) groups excluding carboxylic acids is 1. The standard InChI is InChI=1S/C25H30N4O4/c1-2-33-24(30)29-11-9-28(10-12-29)23-5-8-26-22-16-18(15-20(22)23)21-4-3-19(17-27-21)25(31)6-13-32-14-7-25/h3-5,8,15,17,31H,2,6-7,9-14,16H2,1H3. The first-order valence-electron chi connectivity index (χ1n) is 11.7. The van der Waals surface area contributed by atoms with E-state index in [-0.39, 0.29) is 6.09 Å². The number of rotatable bonds is 4. The highest BCUT2D eigenvalue weighted by molar-refractivity contribution is 5.91. The summed E-state index contributed by atoms with van der Waals surface area (Å²) in [4.78, 5) is 25.4. The van der Waals surface area contributed by atoms with Gasteiger partial charge in [0.2, 0.25) is 0 Å². The maximum absolute atomic E-state index is 12.0. The van der Waals surface area contributed by atoms with E-state index in [0.717, 1.165) is 53.3 Å². The number of pyridine rings is 2. The summed E-state index contributed by atoms with van der Waals surface area (Å²) in [6.07, 6.45) is 7.53. The summed E-state index contributed by atoms with van der Waals surface area (Å²) in [6.45, 7) is 6.16. The van der Waals surface area contributed by atoms with Crippen LogP contribution in [0.4, 0.5) is 10.5 Å². The topological polar surface area (TPSA) is 88.0 Å². The van der Waals surface area contributed by atoms with Gasteiger partial charge in [0.05, 0.1) is 23.6 Å². The van der Waals surface area contributed by atoms with Gasteiger partial charge in [-0.3, -0.25) is 9.97 Å². The van der Waals surface area contributed by atoms with Gasteiger partial charge in [-0.15, -0.1) is 0 Å². The number of nitrogens with zero attached hydrogens (tertiary/aromatic N) is 4. The van der Waals surface area contributed by atoms with Crippen LogP contribution in [0.3, 0.4) is 0 Å². The molecular formula is C25H30N4O4. The van der Waals surface area contributed by atoms with Crippen LogP contribution in [0.25, 0.3) is 11.6 Å². The average Bonchev–Trinajstić information content (AvgIpc) is 3.29. The maximum Gasteiger partial charge on any atom is 0.409 e. The number of hydrogen-bond donors (Lipinski definition) is 1. The molecule has 2 aromatic heterocycles. The van der Waals surface area contributed by atoms with Crippen molar-refractivity contribution in [2.75, 3.05) is 50.9 Å². The Labute approximate surface area is 193 Å². The van der Waals surface area contributed by atoms with Crippen molar-refractivity contribution in [2.24, 2.45) is 0 Å². The third kappa shape index (κ3) is 4.32. The molecule has 2 fully saturated rings. The molecule has 0 spiro atoms. The minimum absolute atomic E-state index is 0.237. The number of ether oxygens (including phenoxy) is 2. The van der Waals surface area contributed by atoms with E-state index < -0.39 is 5.60 Å². The van der Waals surface area contributed by atoms with E-state index >= 15 is 0 Å². The van der Waals surface area contributed by atoms with E-state index in [1.165, 1.54) is 0 Å². The van der Waals surface area contributed by atoms with Gasteiger partial charge in [-0.25, -0.2) is 4.79 Å². The molecule has 174 valence electrons. The number of piperazine rings is 1. The average molecular weight is 451 g/mol. The summed E-state index contributed by atoms with van der Waals surface area (Å²) in [5, 5.41) is 10.9. The van der Waals surface area contributed by atoms with Crippen LogP contribution in [0.15, 0.2) is 30.6 Å². The molecule has 1 aliphatic carbocycles. The van der Waals surface area contributed by atoms with Crippen LogP contribution < -0.4 is 4.90 Å². The van der Waals surface area contributed by atoms with E-state index in [0.29, 0.717) is 45.8 Å². The number of aliphatic hydroxyl groups is 1. The lowest BCUT2D eigenvalue weighted by Gasteiger charge is -2.36. The third-order valence-corrected chi connectivity index (χ3v) is 6.82. The van der Waals surface area contributed by atoms with Gasteiger partial charge < -0.3 is 24.4 Å². The Bertz CT molecular complexity index is 1040. The van der Waals surface area contributed by atoms with Gasteiger partial charge in [-0.2, -0.15) is 0 Å². The molecule has 0 saturated carbocycles. The van der Waals surface area contributed by atoms with Crippen molar-refractivity contribution in [3.63, 3.8) is 0 Å². The zero-order chi connectivity index (χ0) is 22.8. The molecule has 33 heavy (non-hydrogen) atoms. The quantitative estimate of drug-likeness (QED) is 0.766. The van der Waals surface area contributed by atoms with E-state index in [4.69, 9.17) is 9.47 Å². The summed E-state index contributed by atoms with van der Waals surface area (Å²) < 4.78 is 10.5. The Kier molecular flexibility index (Phi) is 6.03. The molecule has 0 unspecified atom stereocenters. The molecule has 2 aromatic rings. The van der Waals surface area contributed by atoms with Crippen molar-refractivity contribution < 1.29 is 19.4 Å². The minimum Gasteiger partial charge on any atom is -0.450 e. The first kappa shape index (κ1) is 21.9. The molecule has 1 amide bonds. The fourth-order valence-electron chi connectivity index (χ4n) is 4.85. The van der Waals surface area contributed by atoms with Crippen molar-refractivity contribution in [2.45, 2.75) is 31.8 Å². The van der Waals surface area contributed by atoms with Crippen molar-refractivity contribution in [3.8, 4) is 0 Å². The van der Waals surface area contributed by atoms with E-state index in [1.807, 2.05) is 25.3 Å². The number of fused-ring (bicyclic) bond motifs is 1. The van der Waals surface area contributed by atoms with Crippen LogP contribution >= 0.6 is 0 Å². The fraction of sp³-hybridized carbons (Fsp3) is 0.480. The van der Waals surface area contributed by atoms with Crippen molar-refractivity contribution in [3.05, 3.63) is 53.1 Å². The smallest absolute Gasteiger partial charge is 0.409 e. The van der Waals surface area contributed by atoms with Gasteiger partial charge in [-0.05, 0) is 30.7 Å². The van der Waals surface area contributed by atoms with Gasteiger partial charge in [0, 0.05) is 87.9 Å². The van der Waals surface area contributed by atoms with Crippen LogP contribution in [0, 0.1) is 0 Å². The maximum atomic E-state index is 12.0. The van der Waals surface area contributed by atoms with Gasteiger partial charge in [0.1, 0.15) is 0 Å². The molecule has 0 bridgehead atoms. The molecule has 8 heteroatoms. The SMILES string of the molecule is CCOC(=O)N1CCN(c2ccnc3c2C=C(c2ccc(C4(O)CCOCC4)cn2)C3)CC1. The van der Waals surface area contributed by atoms with Gasteiger partial charge >= 0.3 is 6.09 Å². The first-order valence-corrected chi connectivity index (χ1v) is 11.7. The lowest BCUT2D eigenvalue weighted by atomic mass is 9.87. The lowest BCUT2D eigenvalue weighted by Crippen LogP contribution is -2.49. The minimum atomic E-state index is -0.850. The predicted octanol–water partition coefficient (Wildman–Crippen LogP) is 2.85. The second-order valence-electron chi connectivity index (χ2n) is 8.79. The number of allylic oxidation sites excluding steroid dienone is 1. The molecule has 3 aliphatic rings. The molecule has 1 N–H and O–H groups in total. The van der Waals surface area contributed by atoms with E-state index in [1.54, 1.807) is 11.1 Å². The fourth-order valence-corrected chi connectivity index (χ4v) is 4.85. The van der Waals surface area contributed by atoms with Crippen LogP contribution in [0.5, 0.6) is 0 Å². The Morgan fingerprint density at radius 3 is 2.64 bits per heavy atom. The molecule has 4 heterocycles. The zero-order valence-electron chi connectivity index (χ0n) is 19.0. The number of amides is 1. The zero-order valence-corrected chi connectivity index (χ0v) is 19.0. The summed E-state index contributed by atoms with van der Waals surface area (Å²) in [5.74, 6) is 0. The second-order valence-corrected chi connectivity index (χ2v) is 8.79. The number of aromatic nitrogens is 2. The Balaban J connectivity index is 1.32. The van der Waals surface area contributed by atoms with Crippen LogP contribution in [0.1, 0.15) is 42.3 Å². The van der Waals surface area contributed by atoms with Crippen molar-refractivity contribution >= 4 is 23.4 Å². The van der Waals surface area contributed by atoms with Crippen molar-refractivity contribution in [1.29, 1.82) is 0 Å². The van der Waals surface area contributed by atoms with Crippen LogP contribution in [0.2, 0.25) is 0 Å². The number of anilines is 1. The highest BCUT2D eigenvalue weighted by atomic mass is 16.6. The summed E-state index contributed by atoms with van der Waals surface area (Å²) in [5.41, 5.74) is 5.36. The summed E-state index contributed by atoms with van der Waals surface area (Å²) in [7, 11) is 0. The van der Waals surface area contributed by atoms with E-state index in [2.05, 4.69) is 27.0 Å². The van der Waals surface area contributed by atoms with Crippen LogP contribution in [-0.4, -0.2) is 72.1 Å². The molecule has 2 saturated heterocycles. The number of carbonyl (C=O) groups is 1. The Morgan fingerprint density at radius 1 is 1.15 bits per heavy atom. The van der Waals surface area contributed by atoms with Crippen LogP contribution in [-0.2, 0) is 21.5 Å². The molecule has 0 atom stereocenters. The Morgan fingerprint density at radius 2 is 1.94 bits per heavy atom. The van der Waals surface area contributed by atoms with Gasteiger partial charge in [0.15, 0.2) is 0 Å². The molecule has 0 aromatic carbocycles.